The lowest BCUT2D eigenvalue weighted by Crippen LogP contribution is -2.23. The first kappa shape index (κ1) is 17.7. The van der Waals surface area contributed by atoms with Crippen LogP contribution in [-0.4, -0.2) is 20.1 Å². The zero-order chi connectivity index (χ0) is 19.4. The third-order valence-corrected chi connectivity index (χ3v) is 5.24. The first-order valence-electron chi connectivity index (χ1n) is 7.97. The summed E-state index contributed by atoms with van der Waals surface area (Å²) in [4.78, 5) is 21.1. The summed E-state index contributed by atoms with van der Waals surface area (Å²) >= 11 is 0. The van der Waals surface area contributed by atoms with Crippen molar-refractivity contribution in [2.75, 3.05) is 0 Å². The molecule has 26 heavy (non-hydrogen) atoms. The summed E-state index contributed by atoms with van der Waals surface area (Å²) in [5.41, 5.74) is 0.0305. The Morgan fingerprint density at radius 1 is 0.885 bits per heavy atom. The van der Waals surface area contributed by atoms with Crippen LogP contribution in [0.15, 0.2) is 30.3 Å². The first-order valence-corrected chi connectivity index (χ1v) is 7.97. The molecule has 136 valence electrons. The average Bonchev–Trinajstić information content (AvgIpc) is 2.73. The fraction of sp³-hybridized carbons (Fsp3) is 0.333. The molecule has 8 heteroatoms. The van der Waals surface area contributed by atoms with Crippen LogP contribution in [0, 0.1) is 20.2 Å². The monoisotopic (exact) mass is 358 g/mol. The molecule has 1 aliphatic rings. The Hall–Kier alpha value is -3.16. The molecule has 1 atom stereocenters. The van der Waals surface area contributed by atoms with Gasteiger partial charge in [0.2, 0.25) is 0 Å². The van der Waals surface area contributed by atoms with Crippen molar-refractivity contribution in [3.8, 4) is 11.5 Å². The van der Waals surface area contributed by atoms with Crippen molar-refractivity contribution < 1.29 is 20.1 Å². The van der Waals surface area contributed by atoms with Gasteiger partial charge in [-0.3, -0.25) is 20.2 Å². The normalized spacial score (nSPS) is 20.6. The zero-order valence-electron chi connectivity index (χ0n) is 14.5. The molecular weight excluding hydrogens is 340 g/mol. The second kappa shape index (κ2) is 5.42. The number of nitro benzene ring substituents is 2. The zero-order valence-corrected chi connectivity index (χ0v) is 14.5. The Bertz CT molecular complexity index is 953. The molecule has 0 aliphatic heterocycles. The number of phenols is 2. The fourth-order valence-electron chi connectivity index (χ4n) is 4.08. The molecule has 3 rings (SSSR count). The summed E-state index contributed by atoms with van der Waals surface area (Å²) in [7, 11) is 0. The van der Waals surface area contributed by atoms with Crippen LogP contribution in [0.2, 0.25) is 0 Å². The highest BCUT2D eigenvalue weighted by Crippen LogP contribution is 2.55. The van der Waals surface area contributed by atoms with E-state index in [2.05, 4.69) is 0 Å². The number of benzene rings is 2. The number of phenolic OH excluding ortho intramolecular Hbond substituents is 2. The van der Waals surface area contributed by atoms with E-state index in [9.17, 15) is 30.4 Å². The number of nitro groups is 2. The van der Waals surface area contributed by atoms with Crippen LogP contribution in [0.5, 0.6) is 11.5 Å². The van der Waals surface area contributed by atoms with Crippen LogP contribution in [0.4, 0.5) is 11.4 Å². The maximum atomic E-state index is 11.2. The Morgan fingerprint density at radius 2 is 1.46 bits per heavy atom. The summed E-state index contributed by atoms with van der Waals surface area (Å²) in [5, 5.41) is 42.1. The Labute approximate surface area is 149 Å². The SMILES string of the molecule is CC1(C)CC(C)(c2ccc(O)c([N+](=O)[O-])c2)c2cc([N+](=O)[O-])c(O)cc21. The van der Waals surface area contributed by atoms with Gasteiger partial charge in [-0.1, -0.05) is 26.8 Å². The Morgan fingerprint density at radius 3 is 2.04 bits per heavy atom. The molecular formula is C18H18N2O6. The smallest absolute Gasteiger partial charge is 0.311 e. The van der Waals surface area contributed by atoms with Gasteiger partial charge in [-0.05, 0) is 40.7 Å². The van der Waals surface area contributed by atoms with Crippen LogP contribution in [0.25, 0.3) is 0 Å². The van der Waals surface area contributed by atoms with E-state index in [0.29, 0.717) is 17.5 Å². The van der Waals surface area contributed by atoms with Crippen molar-refractivity contribution in [2.24, 2.45) is 0 Å². The lowest BCUT2D eigenvalue weighted by atomic mass is 9.75. The molecule has 1 unspecified atom stereocenters. The molecule has 0 heterocycles. The molecule has 0 bridgehead atoms. The summed E-state index contributed by atoms with van der Waals surface area (Å²) in [5.74, 6) is -0.834. The summed E-state index contributed by atoms with van der Waals surface area (Å²) in [6.07, 6.45) is 0.540. The predicted molar refractivity (Wildman–Crippen MR) is 93.6 cm³/mol. The Kier molecular flexibility index (Phi) is 3.68. The number of hydrogen-bond donors (Lipinski definition) is 2. The van der Waals surface area contributed by atoms with Crippen LogP contribution in [0.3, 0.4) is 0 Å². The van der Waals surface area contributed by atoms with Crippen molar-refractivity contribution in [3.63, 3.8) is 0 Å². The van der Waals surface area contributed by atoms with Gasteiger partial charge in [-0.15, -0.1) is 0 Å². The van der Waals surface area contributed by atoms with Crippen molar-refractivity contribution in [3.05, 3.63) is 67.3 Å². The van der Waals surface area contributed by atoms with Crippen LogP contribution in [-0.2, 0) is 10.8 Å². The highest BCUT2D eigenvalue weighted by molar-refractivity contribution is 5.62. The number of nitrogens with zero attached hydrogens (tertiary/aromatic N) is 2. The van der Waals surface area contributed by atoms with E-state index in [1.165, 1.54) is 24.3 Å². The molecule has 0 amide bonds. The van der Waals surface area contributed by atoms with E-state index in [0.717, 1.165) is 5.56 Å². The van der Waals surface area contributed by atoms with Gasteiger partial charge in [-0.2, -0.15) is 0 Å². The lowest BCUT2D eigenvalue weighted by Gasteiger charge is -2.28. The number of aromatic hydroxyl groups is 2. The van der Waals surface area contributed by atoms with E-state index in [-0.39, 0.29) is 0 Å². The summed E-state index contributed by atoms with van der Waals surface area (Å²) in [6, 6.07) is 6.91. The van der Waals surface area contributed by atoms with Crippen molar-refractivity contribution in [1.82, 2.24) is 0 Å². The van der Waals surface area contributed by atoms with Gasteiger partial charge in [0.1, 0.15) is 0 Å². The minimum absolute atomic E-state index is 0.399. The van der Waals surface area contributed by atoms with Crippen molar-refractivity contribution in [2.45, 2.75) is 38.0 Å². The standard InChI is InChI=1S/C18H18N2O6/c1-17(2)9-18(3,10-4-5-15(21)13(6-10)19(23)24)12-7-14(20(25)26)16(22)8-11(12)17/h4-8,21-22H,9H2,1-3H3. The minimum Gasteiger partial charge on any atom is -0.502 e. The van der Waals surface area contributed by atoms with Gasteiger partial charge in [0.05, 0.1) is 9.85 Å². The van der Waals surface area contributed by atoms with Gasteiger partial charge < -0.3 is 10.2 Å². The summed E-state index contributed by atoms with van der Waals surface area (Å²) in [6.45, 7) is 5.77. The van der Waals surface area contributed by atoms with E-state index < -0.39 is 43.6 Å². The molecule has 2 aromatic carbocycles. The van der Waals surface area contributed by atoms with Crippen LogP contribution >= 0.6 is 0 Å². The third kappa shape index (κ3) is 2.45. The van der Waals surface area contributed by atoms with Crippen molar-refractivity contribution in [1.29, 1.82) is 0 Å². The number of rotatable bonds is 3. The van der Waals surface area contributed by atoms with Gasteiger partial charge >= 0.3 is 11.4 Å². The second-order valence-electron chi connectivity index (χ2n) is 7.50. The van der Waals surface area contributed by atoms with Crippen LogP contribution in [0.1, 0.15) is 43.9 Å². The second-order valence-corrected chi connectivity index (χ2v) is 7.50. The molecule has 0 radical (unpaired) electrons. The van der Waals surface area contributed by atoms with Gasteiger partial charge in [-0.25, -0.2) is 0 Å². The lowest BCUT2D eigenvalue weighted by molar-refractivity contribution is -0.386. The topological polar surface area (TPSA) is 127 Å². The predicted octanol–water partition coefficient (Wildman–Crippen LogP) is 3.90. The maximum Gasteiger partial charge on any atom is 0.311 e. The quantitative estimate of drug-likeness (QED) is 0.633. The molecule has 2 N–H and O–H groups in total. The Balaban J connectivity index is 2.28. The molecule has 0 saturated carbocycles. The number of hydrogen-bond acceptors (Lipinski definition) is 6. The maximum absolute atomic E-state index is 11.2. The molecule has 0 spiro atoms. The molecule has 0 aromatic heterocycles. The minimum atomic E-state index is -0.740. The van der Waals surface area contributed by atoms with Gasteiger partial charge in [0, 0.05) is 17.5 Å². The average molecular weight is 358 g/mol. The molecule has 0 fully saturated rings. The van der Waals surface area contributed by atoms with Gasteiger partial charge in [0.15, 0.2) is 11.5 Å². The highest BCUT2D eigenvalue weighted by atomic mass is 16.6. The van der Waals surface area contributed by atoms with E-state index in [1.807, 2.05) is 20.8 Å². The molecule has 2 aromatic rings. The fourth-order valence-corrected chi connectivity index (χ4v) is 4.08. The largest absolute Gasteiger partial charge is 0.502 e. The van der Waals surface area contributed by atoms with Crippen LogP contribution < -0.4 is 0 Å². The van der Waals surface area contributed by atoms with Gasteiger partial charge in [0.25, 0.3) is 0 Å². The molecule has 0 saturated heterocycles. The molecule has 8 nitrogen and oxygen atoms in total. The first-order chi connectivity index (χ1) is 12.0. The van der Waals surface area contributed by atoms with E-state index >= 15 is 0 Å². The summed E-state index contributed by atoms with van der Waals surface area (Å²) < 4.78 is 0. The third-order valence-electron chi connectivity index (χ3n) is 5.24. The number of fused-ring (bicyclic) bond motifs is 1. The van der Waals surface area contributed by atoms with Crippen molar-refractivity contribution >= 4 is 11.4 Å². The van der Waals surface area contributed by atoms with E-state index in [1.54, 1.807) is 6.07 Å². The highest BCUT2D eigenvalue weighted by Gasteiger charge is 2.47. The van der Waals surface area contributed by atoms with E-state index in [4.69, 9.17) is 0 Å². The molecule has 1 aliphatic carbocycles.